The van der Waals surface area contributed by atoms with E-state index in [1.165, 1.54) is 5.56 Å². The van der Waals surface area contributed by atoms with Crippen molar-refractivity contribution in [3.05, 3.63) is 29.8 Å². The predicted octanol–water partition coefficient (Wildman–Crippen LogP) is 3.74. The second-order valence-electron chi connectivity index (χ2n) is 8.57. The van der Waals surface area contributed by atoms with Gasteiger partial charge in [-0.05, 0) is 56.3 Å². The summed E-state index contributed by atoms with van der Waals surface area (Å²) in [6, 6.07) is 8.31. The number of nitrogens with one attached hydrogen (secondary N) is 1. The molecule has 1 aliphatic rings. The summed E-state index contributed by atoms with van der Waals surface area (Å²) in [7, 11) is 0. The molecule has 4 nitrogen and oxygen atoms in total. The molecule has 0 aliphatic carbocycles. The third kappa shape index (κ3) is 5.46. The van der Waals surface area contributed by atoms with E-state index in [1.54, 1.807) is 0 Å². The first-order valence-electron chi connectivity index (χ1n) is 9.44. The first kappa shape index (κ1) is 19.8. The minimum Gasteiger partial charge on any atom is -0.478 e. The van der Waals surface area contributed by atoms with Gasteiger partial charge in [0.2, 0.25) is 0 Å². The van der Waals surface area contributed by atoms with Gasteiger partial charge in [0.25, 0.3) is 5.91 Å². The van der Waals surface area contributed by atoms with E-state index in [1.807, 2.05) is 26.0 Å². The summed E-state index contributed by atoms with van der Waals surface area (Å²) in [6.07, 6.45) is 2.02. The number of nitrogens with zero attached hydrogens (tertiary/aromatic N) is 1. The van der Waals surface area contributed by atoms with Gasteiger partial charge in [0.1, 0.15) is 5.75 Å². The molecule has 2 rings (SSSR count). The molecule has 1 amide bonds. The average molecular weight is 347 g/mol. The Labute approximate surface area is 152 Å². The highest BCUT2D eigenvalue weighted by Gasteiger charge is 2.32. The summed E-state index contributed by atoms with van der Waals surface area (Å²) < 4.78 is 5.99. The molecule has 0 saturated carbocycles. The minimum atomic E-state index is -0.884. The molecule has 1 aromatic rings. The summed E-state index contributed by atoms with van der Waals surface area (Å²) in [4.78, 5) is 15.1. The largest absolute Gasteiger partial charge is 0.478 e. The zero-order chi connectivity index (χ0) is 18.7. The topological polar surface area (TPSA) is 41.6 Å². The maximum Gasteiger partial charge on any atom is 0.263 e. The molecular formula is C21H34N2O2. The van der Waals surface area contributed by atoms with Crippen LogP contribution in [0.2, 0.25) is 0 Å². The second-order valence-corrected chi connectivity index (χ2v) is 8.57. The molecule has 0 spiro atoms. The second kappa shape index (κ2) is 7.77. The molecule has 0 atom stereocenters. The van der Waals surface area contributed by atoms with Crippen LogP contribution in [-0.2, 0) is 10.2 Å². The van der Waals surface area contributed by atoms with Gasteiger partial charge in [-0.1, -0.05) is 39.8 Å². The van der Waals surface area contributed by atoms with E-state index in [9.17, 15) is 4.79 Å². The van der Waals surface area contributed by atoms with Crippen molar-refractivity contribution in [1.29, 1.82) is 0 Å². The van der Waals surface area contributed by atoms with Gasteiger partial charge in [0.05, 0.1) is 0 Å². The standard InChI is InChI=1S/C21H34N2O2/c1-7-23-14-12-17(13-15-23)22-19(24)21(5,6)25-18-10-8-16(9-11-18)20(2,3)4/h8-11,17H,7,12-15H2,1-6H3,(H,22,24). The molecule has 1 aliphatic heterocycles. The Balaban J connectivity index is 1.93. The van der Waals surface area contributed by atoms with Gasteiger partial charge in [-0.25, -0.2) is 0 Å². The quantitative estimate of drug-likeness (QED) is 0.883. The van der Waals surface area contributed by atoms with Gasteiger partial charge in [0, 0.05) is 19.1 Å². The molecule has 0 unspecified atom stereocenters. The highest BCUT2D eigenvalue weighted by Crippen LogP contribution is 2.26. The number of carbonyl (C=O) groups is 1. The van der Waals surface area contributed by atoms with E-state index in [2.05, 4.69) is 50.0 Å². The Morgan fingerprint density at radius 3 is 2.16 bits per heavy atom. The molecule has 1 fully saturated rings. The summed E-state index contributed by atoms with van der Waals surface area (Å²) in [6.45, 7) is 15.6. The molecule has 0 aromatic heterocycles. The number of amides is 1. The number of rotatable bonds is 5. The molecule has 1 aromatic carbocycles. The van der Waals surface area contributed by atoms with Crippen molar-refractivity contribution in [3.63, 3.8) is 0 Å². The molecule has 0 radical (unpaired) electrons. The van der Waals surface area contributed by atoms with Crippen LogP contribution in [-0.4, -0.2) is 42.1 Å². The lowest BCUT2D eigenvalue weighted by Crippen LogP contribution is -2.52. The summed E-state index contributed by atoms with van der Waals surface area (Å²) in [5.74, 6) is 0.691. The molecule has 4 heteroatoms. The molecular weight excluding hydrogens is 312 g/mol. The van der Waals surface area contributed by atoms with Crippen molar-refractivity contribution < 1.29 is 9.53 Å². The highest BCUT2D eigenvalue weighted by atomic mass is 16.5. The van der Waals surface area contributed by atoms with E-state index in [0.717, 1.165) is 38.2 Å². The SMILES string of the molecule is CCN1CCC(NC(=O)C(C)(C)Oc2ccc(C(C)(C)C)cc2)CC1. The zero-order valence-electron chi connectivity index (χ0n) is 16.7. The first-order chi connectivity index (χ1) is 11.6. The maximum absolute atomic E-state index is 12.7. The van der Waals surface area contributed by atoms with Gasteiger partial charge >= 0.3 is 0 Å². The van der Waals surface area contributed by atoms with Crippen LogP contribution in [0.5, 0.6) is 5.75 Å². The van der Waals surface area contributed by atoms with Crippen molar-refractivity contribution in [2.24, 2.45) is 0 Å². The minimum absolute atomic E-state index is 0.0395. The third-order valence-corrected chi connectivity index (χ3v) is 5.01. The molecule has 1 heterocycles. The van der Waals surface area contributed by atoms with Gasteiger partial charge in [-0.15, -0.1) is 0 Å². The highest BCUT2D eigenvalue weighted by molar-refractivity contribution is 5.85. The van der Waals surface area contributed by atoms with E-state index in [4.69, 9.17) is 4.74 Å². The number of carbonyl (C=O) groups excluding carboxylic acids is 1. The predicted molar refractivity (Wildman–Crippen MR) is 103 cm³/mol. The number of hydrogen-bond donors (Lipinski definition) is 1. The van der Waals surface area contributed by atoms with Crippen molar-refractivity contribution in [2.45, 2.75) is 71.4 Å². The van der Waals surface area contributed by atoms with E-state index >= 15 is 0 Å². The number of benzene rings is 1. The fraction of sp³-hybridized carbons (Fsp3) is 0.667. The fourth-order valence-electron chi connectivity index (χ4n) is 3.12. The number of piperidine rings is 1. The van der Waals surface area contributed by atoms with Crippen LogP contribution in [0.15, 0.2) is 24.3 Å². The lowest BCUT2D eigenvalue weighted by atomic mass is 9.87. The van der Waals surface area contributed by atoms with E-state index in [-0.39, 0.29) is 17.4 Å². The summed E-state index contributed by atoms with van der Waals surface area (Å²) in [5, 5.41) is 3.17. The molecule has 25 heavy (non-hydrogen) atoms. The van der Waals surface area contributed by atoms with Crippen LogP contribution in [0.1, 0.15) is 59.9 Å². The average Bonchev–Trinajstić information content (AvgIpc) is 2.55. The number of hydrogen-bond acceptors (Lipinski definition) is 3. The monoisotopic (exact) mass is 346 g/mol. The molecule has 1 N–H and O–H groups in total. The van der Waals surface area contributed by atoms with Crippen molar-refractivity contribution in [3.8, 4) is 5.75 Å². The third-order valence-electron chi connectivity index (χ3n) is 5.01. The van der Waals surface area contributed by atoms with E-state index in [0.29, 0.717) is 0 Å². The Bertz CT molecular complexity index is 565. The van der Waals surface area contributed by atoms with Crippen LogP contribution in [0, 0.1) is 0 Å². The number of likely N-dealkylation sites (tertiary alicyclic amines) is 1. The summed E-state index contributed by atoms with van der Waals surface area (Å²) >= 11 is 0. The van der Waals surface area contributed by atoms with Gasteiger partial charge in [0.15, 0.2) is 5.60 Å². The van der Waals surface area contributed by atoms with Gasteiger partial charge < -0.3 is 15.0 Å². The lowest BCUT2D eigenvalue weighted by Gasteiger charge is -2.34. The van der Waals surface area contributed by atoms with Gasteiger partial charge in [-0.3, -0.25) is 4.79 Å². The smallest absolute Gasteiger partial charge is 0.263 e. The zero-order valence-corrected chi connectivity index (χ0v) is 16.7. The normalized spacial score (nSPS) is 17.4. The van der Waals surface area contributed by atoms with Crippen LogP contribution in [0.3, 0.4) is 0 Å². The van der Waals surface area contributed by atoms with Crippen molar-refractivity contribution >= 4 is 5.91 Å². The lowest BCUT2D eigenvalue weighted by molar-refractivity contribution is -0.135. The molecule has 0 bridgehead atoms. The molecule has 140 valence electrons. The van der Waals surface area contributed by atoms with Gasteiger partial charge in [-0.2, -0.15) is 0 Å². The molecule has 1 saturated heterocycles. The van der Waals surface area contributed by atoms with Crippen LogP contribution < -0.4 is 10.1 Å². The van der Waals surface area contributed by atoms with Crippen LogP contribution in [0.4, 0.5) is 0 Å². The Morgan fingerprint density at radius 2 is 1.68 bits per heavy atom. The van der Waals surface area contributed by atoms with E-state index < -0.39 is 5.60 Å². The van der Waals surface area contributed by atoms with Crippen LogP contribution >= 0.6 is 0 Å². The summed E-state index contributed by atoms with van der Waals surface area (Å²) in [5.41, 5.74) is 0.481. The first-order valence-corrected chi connectivity index (χ1v) is 9.44. The van der Waals surface area contributed by atoms with Crippen LogP contribution in [0.25, 0.3) is 0 Å². The Kier molecular flexibility index (Phi) is 6.15. The van der Waals surface area contributed by atoms with Crippen molar-refractivity contribution in [1.82, 2.24) is 10.2 Å². The Hall–Kier alpha value is -1.55. The van der Waals surface area contributed by atoms with Crippen molar-refractivity contribution in [2.75, 3.05) is 19.6 Å². The number of ether oxygens (including phenoxy) is 1. The Morgan fingerprint density at radius 1 is 1.12 bits per heavy atom. The maximum atomic E-state index is 12.7. The fourth-order valence-corrected chi connectivity index (χ4v) is 3.12.